The van der Waals surface area contributed by atoms with E-state index in [-0.39, 0.29) is 13.2 Å². The maximum Gasteiger partial charge on any atom is 0.364 e. The summed E-state index contributed by atoms with van der Waals surface area (Å²) in [6.07, 6.45) is -6.24. The molecule has 19 heavy (non-hydrogen) atoms. The molecule has 3 N–H and O–H groups in total. The summed E-state index contributed by atoms with van der Waals surface area (Å²) in [6.45, 7) is 3.12. The van der Waals surface area contributed by atoms with Gasteiger partial charge in [-0.2, -0.15) is 0 Å². The van der Waals surface area contributed by atoms with Crippen LogP contribution >= 0.6 is 7.60 Å². The first-order valence-electron chi connectivity index (χ1n) is 6.08. The van der Waals surface area contributed by atoms with Crippen molar-refractivity contribution in [3.05, 3.63) is 0 Å². The zero-order valence-corrected chi connectivity index (χ0v) is 11.7. The Hall–Kier alpha value is -0.0800. The van der Waals surface area contributed by atoms with Gasteiger partial charge in [-0.15, -0.1) is 0 Å². The van der Waals surface area contributed by atoms with Gasteiger partial charge in [-0.25, -0.2) is 4.39 Å². The molecule has 0 radical (unpaired) electrons. The van der Waals surface area contributed by atoms with Crippen molar-refractivity contribution in [2.24, 2.45) is 0 Å². The number of aliphatic hydroxyl groups is 3. The van der Waals surface area contributed by atoms with Gasteiger partial charge in [0.25, 0.3) is 0 Å². The van der Waals surface area contributed by atoms with Gasteiger partial charge in [0.15, 0.2) is 6.29 Å². The Kier molecular flexibility index (Phi) is 6.32. The van der Waals surface area contributed by atoms with Crippen LogP contribution in [0.3, 0.4) is 0 Å². The monoisotopic (exact) mass is 302 g/mol. The highest BCUT2D eigenvalue weighted by Gasteiger charge is 2.46. The maximum atomic E-state index is 14.0. The van der Waals surface area contributed by atoms with Gasteiger partial charge in [0, 0.05) is 6.42 Å². The predicted octanol–water partition coefficient (Wildman–Crippen LogP) is 0.377. The Balaban J connectivity index is 2.67. The second-order valence-electron chi connectivity index (χ2n) is 4.09. The van der Waals surface area contributed by atoms with E-state index in [9.17, 15) is 24.3 Å². The summed E-state index contributed by atoms with van der Waals surface area (Å²) < 4.78 is 40.6. The van der Waals surface area contributed by atoms with E-state index in [1.54, 1.807) is 13.8 Å². The average molecular weight is 302 g/mol. The predicted molar refractivity (Wildman–Crippen MR) is 63.3 cm³/mol. The van der Waals surface area contributed by atoms with Crippen molar-refractivity contribution in [1.29, 1.82) is 0 Å². The van der Waals surface area contributed by atoms with Gasteiger partial charge in [0.1, 0.15) is 12.2 Å². The largest absolute Gasteiger partial charge is 0.387 e. The molecule has 0 amide bonds. The molecular weight excluding hydrogens is 282 g/mol. The van der Waals surface area contributed by atoms with Crippen molar-refractivity contribution >= 4 is 7.60 Å². The van der Waals surface area contributed by atoms with Crippen LogP contribution in [0.4, 0.5) is 4.39 Å². The third-order valence-corrected chi connectivity index (χ3v) is 4.86. The zero-order valence-electron chi connectivity index (χ0n) is 10.8. The molecule has 0 aliphatic carbocycles. The van der Waals surface area contributed by atoms with Gasteiger partial charge in [-0.1, -0.05) is 0 Å². The highest BCUT2D eigenvalue weighted by Crippen LogP contribution is 2.55. The van der Waals surface area contributed by atoms with Crippen molar-refractivity contribution in [2.45, 2.75) is 50.8 Å². The molecule has 1 fully saturated rings. The van der Waals surface area contributed by atoms with Crippen LogP contribution in [-0.2, 0) is 18.3 Å². The standard InChI is InChI=1S/C10H20FO7P/c1-3-16-19(15,17-4-2)7(11)5-6-8(12)9(13)10(14)18-6/h6-10,12-14H,3-5H2,1-2H3/t6?,7?,8-,9+,10+/m0/s1. The molecule has 0 saturated carbocycles. The number of rotatable bonds is 7. The minimum atomic E-state index is -3.95. The highest BCUT2D eigenvalue weighted by atomic mass is 31.2. The summed E-state index contributed by atoms with van der Waals surface area (Å²) >= 11 is 0. The molecular formula is C10H20FO7P. The third-order valence-electron chi connectivity index (χ3n) is 2.73. The van der Waals surface area contributed by atoms with E-state index in [4.69, 9.17) is 13.8 Å². The SMILES string of the molecule is CCOP(=O)(OCC)C(F)CC1O[C@@H](O)[C@H](O)[C@H]1O. The molecule has 0 aromatic carbocycles. The van der Waals surface area contributed by atoms with Crippen molar-refractivity contribution in [3.63, 3.8) is 0 Å². The lowest BCUT2D eigenvalue weighted by molar-refractivity contribution is -0.129. The smallest absolute Gasteiger partial charge is 0.364 e. The summed E-state index contributed by atoms with van der Waals surface area (Å²) in [6, 6.07) is 0. The Labute approximate surface area is 110 Å². The molecule has 114 valence electrons. The number of alkyl halides is 1. The molecule has 1 saturated heterocycles. The maximum absolute atomic E-state index is 14.0. The fraction of sp³-hybridized carbons (Fsp3) is 1.00. The van der Waals surface area contributed by atoms with Crippen LogP contribution < -0.4 is 0 Å². The first-order valence-corrected chi connectivity index (χ1v) is 7.69. The van der Waals surface area contributed by atoms with Crippen LogP contribution in [0.15, 0.2) is 0 Å². The molecule has 1 rings (SSSR count). The lowest BCUT2D eigenvalue weighted by Gasteiger charge is -2.23. The number of halogens is 1. The lowest BCUT2D eigenvalue weighted by Crippen LogP contribution is -2.33. The van der Waals surface area contributed by atoms with Gasteiger partial charge >= 0.3 is 7.60 Å². The second kappa shape index (κ2) is 7.08. The second-order valence-corrected chi connectivity index (χ2v) is 6.25. The van der Waals surface area contributed by atoms with E-state index >= 15 is 0 Å². The molecule has 0 bridgehead atoms. The van der Waals surface area contributed by atoms with Crippen LogP contribution in [0.2, 0.25) is 0 Å². The minimum absolute atomic E-state index is 0.0109. The van der Waals surface area contributed by atoms with Crippen LogP contribution in [0.25, 0.3) is 0 Å². The van der Waals surface area contributed by atoms with Crippen LogP contribution in [0.5, 0.6) is 0 Å². The Morgan fingerprint density at radius 3 is 2.11 bits per heavy atom. The van der Waals surface area contributed by atoms with E-state index < -0.39 is 44.5 Å². The van der Waals surface area contributed by atoms with Crippen LogP contribution in [0, 0.1) is 0 Å². The molecule has 0 spiro atoms. The van der Waals surface area contributed by atoms with E-state index in [1.807, 2.05) is 0 Å². The molecule has 7 nitrogen and oxygen atoms in total. The summed E-state index contributed by atoms with van der Waals surface area (Å²) in [5, 5.41) is 28.0. The molecule has 0 aromatic rings. The molecule has 0 aromatic heterocycles. The first-order chi connectivity index (χ1) is 8.85. The summed E-state index contributed by atoms with van der Waals surface area (Å²) in [5.41, 5.74) is 0. The third kappa shape index (κ3) is 3.95. The number of ether oxygens (including phenoxy) is 1. The van der Waals surface area contributed by atoms with Crippen LogP contribution in [0.1, 0.15) is 20.3 Å². The van der Waals surface area contributed by atoms with Crippen molar-refractivity contribution < 1.29 is 38.1 Å². The van der Waals surface area contributed by atoms with Gasteiger partial charge in [0.05, 0.1) is 19.3 Å². The number of aliphatic hydroxyl groups excluding tert-OH is 3. The van der Waals surface area contributed by atoms with E-state index in [1.165, 1.54) is 0 Å². The fourth-order valence-corrected chi connectivity index (χ4v) is 3.39. The zero-order chi connectivity index (χ0) is 14.6. The molecule has 1 aliphatic heterocycles. The summed E-state index contributed by atoms with van der Waals surface area (Å²) in [5.74, 6) is -2.01. The van der Waals surface area contributed by atoms with Crippen LogP contribution in [-0.4, -0.2) is 59.0 Å². The van der Waals surface area contributed by atoms with Crippen molar-refractivity contribution in [2.75, 3.05) is 13.2 Å². The highest BCUT2D eigenvalue weighted by molar-refractivity contribution is 7.54. The summed E-state index contributed by atoms with van der Waals surface area (Å²) in [4.78, 5) is 0. The van der Waals surface area contributed by atoms with Crippen molar-refractivity contribution in [3.8, 4) is 0 Å². The molecule has 1 heterocycles. The quantitative estimate of drug-likeness (QED) is 0.584. The van der Waals surface area contributed by atoms with E-state index in [2.05, 4.69) is 0 Å². The van der Waals surface area contributed by atoms with Gasteiger partial charge in [-0.05, 0) is 13.8 Å². The lowest BCUT2D eigenvalue weighted by atomic mass is 10.1. The molecule has 5 atom stereocenters. The molecule has 1 aliphatic rings. The normalized spacial score (nSPS) is 33.6. The Bertz CT molecular complexity index is 319. The van der Waals surface area contributed by atoms with E-state index in [0.717, 1.165) is 0 Å². The topological polar surface area (TPSA) is 105 Å². The summed E-state index contributed by atoms with van der Waals surface area (Å²) in [7, 11) is -3.95. The molecule has 9 heteroatoms. The number of hydrogen-bond donors (Lipinski definition) is 3. The van der Waals surface area contributed by atoms with Crippen molar-refractivity contribution in [1.82, 2.24) is 0 Å². The average Bonchev–Trinajstić information content (AvgIpc) is 2.57. The first kappa shape index (κ1) is 17.0. The Morgan fingerprint density at radius 2 is 1.74 bits per heavy atom. The number of hydrogen-bond acceptors (Lipinski definition) is 7. The van der Waals surface area contributed by atoms with E-state index in [0.29, 0.717) is 0 Å². The Morgan fingerprint density at radius 1 is 1.21 bits per heavy atom. The minimum Gasteiger partial charge on any atom is -0.387 e. The van der Waals surface area contributed by atoms with Gasteiger partial charge < -0.3 is 29.1 Å². The van der Waals surface area contributed by atoms with Gasteiger partial charge in [-0.3, -0.25) is 4.57 Å². The van der Waals surface area contributed by atoms with Gasteiger partial charge in [0.2, 0.25) is 5.91 Å². The fourth-order valence-electron chi connectivity index (χ4n) is 1.80. The molecule has 2 unspecified atom stereocenters.